The molecule has 4 N–H and O–H groups in total. The summed E-state index contributed by atoms with van der Waals surface area (Å²) in [6.07, 6.45) is 2.44. The molecule has 2 rings (SSSR count). The minimum atomic E-state index is 0.580. The van der Waals surface area contributed by atoms with Crippen molar-refractivity contribution in [3.8, 4) is 5.75 Å². The third kappa shape index (κ3) is 3.13. The molecule has 1 heterocycles. The van der Waals surface area contributed by atoms with Crippen LogP contribution in [0.2, 0.25) is 0 Å². The molecular formula is C12H17N5O. The number of hydrogen-bond acceptors (Lipinski definition) is 5. The van der Waals surface area contributed by atoms with Crippen LogP contribution >= 0.6 is 0 Å². The first-order valence-corrected chi connectivity index (χ1v) is 5.90. The van der Waals surface area contributed by atoms with Gasteiger partial charge in [-0.05, 0) is 18.6 Å². The van der Waals surface area contributed by atoms with Crippen molar-refractivity contribution in [3.05, 3.63) is 30.4 Å². The van der Waals surface area contributed by atoms with Crippen LogP contribution in [0.5, 0.6) is 5.75 Å². The number of rotatable bonds is 6. The molecule has 1 aromatic heterocycles. The van der Waals surface area contributed by atoms with Crippen molar-refractivity contribution in [1.29, 1.82) is 0 Å². The predicted molar refractivity (Wildman–Crippen MR) is 70.3 cm³/mol. The summed E-state index contributed by atoms with van der Waals surface area (Å²) in [4.78, 5) is 4.04. The Morgan fingerprint density at radius 3 is 3.06 bits per heavy atom. The summed E-state index contributed by atoms with van der Waals surface area (Å²) in [6.45, 7) is 3.30. The van der Waals surface area contributed by atoms with Gasteiger partial charge in [0.25, 0.3) is 0 Å². The van der Waals surface area contributed by atoms with Gasteiger partial charge in [-0.25, -0.2) is 4.98 Å². The molecule has 0 saturated carbocycles. The minimum absolute atomic E-state index is 0.580. The van der Waals surface area contributed by atoms with Crippen LogP contribution in [0, 0.1) is 0 Å². The van der Waals surface area contributed by atoms with Crippen molar-refractivity contribution in [2.45, 2.75) is 19.9 Å². The summed E-state index contributed by atoms with van der Waals surface area (Å²) >= 11 is 0. The molecule has 0 aliphatic heterocycles. The van der Waals surface area contributed by atoms with Gasteiger partial charge in [-0.15, -0.1) is 0 Å². The minimum Gasteiger partial charge on any atom is -0.491 e. The van der Waals surface area contributed by atoms with Gasteiger partial charge >= 0.3 is 0 Å². The van der Waals surface area contributed by atoms with Gasteiger partial charge in [0.2, 0.25) is 0 Å². The van der Waals surface area contributed by atoms with Crippen molar-refractivity contribution in [3.63, 3.8) is 0 Å². The molecule has 0 amide bonds. The molecule has 0 aliphatic rings. The molecule has 18 heavy (non-hydrogen) atoms. The van der Waals surface area contributed by atoms with E-state index in [1.54, 1.807) is 0 Å². The highest BCUT2D eigenvalue weighted by Crippen LogP contribution is 2.25. The van der Waals surface area contributed by atoms with Crippen LogP contribution in [0.4, 0.5) is 11.4 Å². The van der Waals surface area contributed by atoms with Gasteiger partial charge in [-0.1, -0.05) is 6.92 Å². The average Bonchev–Trinajstić information content (AvgIpc) is 2.89. The maximum Gasteiger partial charge on any atom is 0.144 e. The fourth-order valence-electron chi connectivity index (χ4n) is 1.48. The second-order valence-corrected chi connectivity index (χ2v) is 3.89. The molecule has 0 bridgehead atoms. The number of nitrogens with zero attached hydrogens (tertiary/aromatic N) is 2. The van der Waals surface area contributed by atoms with E-state index in [1.165, 1.54) is 6.33 Å². The zero-order chi connectivity index (χ0) is 12.8. The van der Waals surface area contributed by atoms with Crippen LogP contribution in [0.15, 0.2) is 24.5 Å². The summed E-state index contributed by atoms with van der Waals surface area (Å²) in [6, 6.07) is 5.62. The van der Waals surface area contributed by atoms with Gasteiger partial charge in [0.1, 0.15) is 17.9 Å². The summed E-state index contributed by atoms with van der Waals surface area (Å²) in [5, 5.41) is 9.80. The third-order valence-corrected chi connectivity index (χ3v) is 2.40. The molecule has 0 aliphatic carbocycles. The first-order valence-electron chi connectivity index (χ1n) is 5.90. The Balaban J connectivity index is 2.00. The van der Waals surface area contributed by atoms with Crippen molar-refractivity contribution >= 4 is 11.4 Å². The number of benzene rings is 1. The predicted octanol–water partition coefficient (Wildman–Crippen LogP) is 1.79. The molecule has 6 heteroatoms. The van der Waals surface area contributed by atoms with Gasteiger partial charge < -0.3 is 15.8 Å². The zero-order valence-corrected chi connectivity index (χ0v) is 10.3. The quantitative estimate of drug-likeness (QED) is 0.677. The molecule has 6 nitrogen and oxygen atoms in total. The molecule has 0 atom stereocenters. The van der Waals surface area contributed by atoms with Gasteiger partial charge in [-0.3, -0.25) is 5.10 Å². The summed E-state index contributed by atoms with van der Waals surface area (Å²) in [5.41, 5.74) is 7.42. The first kappa shape index (κ1) is 12.2. The lowest BCUT2D eigenvalue weighted by Crippen LogP contribution is -2.03. The second kappa shape index (κ2) is 5.90. The Bertz CT molecular complexity index is 483. The average molecular weight is 247 g/mol. The number of aromatic nitrogens is 3. The molecule has 1 aromatic carbocycles. The van der Waals surface area contributed by atoms with E-state index in [1.807, 2.05) is 18.2 Å². The molecule has 2 aromatic rings. The van der Waals surface area contributed by atoms with E-state index < -0.39 is 0 Å². The number of anilines is 2. The van der Waals surface area contributed by atoms with Gasteiger partial charge in [-0.2, -0.15) is 5.10 Å². The maximum atomic E-state index is 5.84. The van der Waals surface area contributed by atoms with Crippen LogP contribution in [0.3, 0.4) is 0 Å². The molecule has 0 radical (unpaired) electrons. The zero-order valence-electron chi connectivity index (χ0n) is 10.3. The highest BCUT2D eigenvalue weighted by atomic mass is 16.5. The fourth-order valence-corrected chi connectivity index (χ4v) is 1.48. The number of aromatic amines is 1. The largest absolute Gasteiger partial charge is 0.491 e. The summed E-state index contributed by atoms with van der Waals surface area (Å²) < 4.78 is 5.56. The molecule has 96 valence electrons. The van der Waals surface area contributed by atoms with Gasteiger partial charge in [0, 0.05) is 11.8 Å². The van der Waals surface area contributed by atoms with Gasteiger partial charge in [0.05, 0.1) is 18.8 Å². The topological polar surface area (TPSA) is 88.8 Å². The van der Waals surface area contributed by atoms with Crippen LogP contribution < -0.4 is 15.8 Å². The van der Waals surface area contributed by atoms with E-state index in [9.17, 15) is 0 Å². The molecule has 0 fully saturated rings. The lowest BCUT2D eigenvalue weighted by Gasteiger charge is -2.10. The van der Waals surface area contributed by atoms with Crippen molar-refractivity contribution in [1.82, 2.24) is 15.2 Å². The molecule has 0 spiro atoms. The number of nitrogen functional groups attached to an aromatic ring is 1. The number of H-pyrrole nitrogens is 1. The Morgan fingerprint density at radius 1 is 1.44 bits per heavy atom. The van der Waals surface area contributed by atoms with Crippen LogP contribution in [-0.2, 0) is 6.54 Å². The fraction of sp³-hybridized carbons (Fsp3) is 0.333. The summed E-state index contributed by atoms with van der Waals surface area (Å²) in [7, 11) is 0. The monoisotopic (exact) mass is 247 g/mol. The summed E-state index contributed by atoms with van der Waals surface area (Å²) in [5.74, 6) is 1.49. The Hall–Kier alpha value is -2.24. The van der Waals surface area contributed by atoms with Crippen LogP contribution in [0.1, 0.15) is 19.2 Å². The van der Waals surface area contributed by atoms with Crippen molar-refractivity contribution < 1.29 is 4.74 Å². The van der Waals surface area contributed by atoms with E-state index in [-0.39, 0.29) is 0 Å². The maximum absolute atomic E-state index is 5.84. The molecule has 0 saturated heterocycles. The van der Waals surface area contributed by atoms with Gasteiger partial charge in [0.15, 0.2) is 0 Å². The lowest BCUT2D eigenvalue weighted by molar-refractivity contribution is 0.319. The molecule has 0 unspecified atom stereocenters. The smallest absolute Gasteiger partial charge is 0.144 e. The highest BCUT2D eigenvalue weighted by molar-refractivity contribution is 5.61. The Kier molecular flexibility index (Phi) is 4.01. The third-order valence-electron chi connectivity index (χ3n) is 2.40. The van der Waals surface area contributed by atoms with Crippen molar-refractivity contribution in [2.24, 2.45) is 0 Å². The molecular weight excluding hydrogens is 230 g/mol. The number of nitrogens with one attached hydrogen (secondary N) is 2. The lowest BCUT2D eigenvalue weighted by atomic mass is 10.2. The normalized spacial score (nSPS) is 10.3. The van der Waals surface area contributed by atoms with E-state index in [4.69, 9.17) is 10.5 Å². The van der Waals surface area contributed by atoms with Crippen LogP contribution in [-0.4, -0.2) is 21.8 Å². The van der Waals surface area contributed by atoms with Crippen LogP contribution in [0.25, 0.3) is 0 Å². The van der Waals surface area contributed by atoms with E-state index >= 15 is 0 Å². The number of nitrogens with two attached hydrogens (primary N) is 1. The first-order chi connectivity index (χ1) is 8.79. The number of ether oxygens (including phenoxy) is 1. The Labute approximate surface area is 106 Å². The van der Waals surface area contributed by atoms with E-state index in [0.717, 1.165) is 17.9 Å². The number of hydrogen-bond donors (Lipinski definition) is 3. The second-order valence-electron chi connectivity index (χ2n) is 3.89. The standard InChI is InChI=1S/C12H17N5O/c1-2-5-18-11-6-9(3-4-10(11)13)14-7-12-15-8-16-17-12/h3-4,6,8,14H,2,5,7,13H2,1H3,(H,15,16,17). The van der Waals surface area contributed by atoms with Crippen molar-refractivity contribution in [2.75, 3.05) is 17.7 Å². The highest BCUT2D eigenvalue weighted by Gasteiger charge is 2.03. The SMILES string of the molecule is CCCOc1cc(NCc2ncn[nH]2)ccc1N. The van der Waals surface area contributed by atoms with E-state index in [0.29, 0.717) is 24.6 Å². The Morgan fingerprint density at radius 2 is 2.33 bits per heavy atom. The van der Waals surface area contributed by atoms with E-state index in [2.05, 4.69) is 27.4 Å².